The molecular weight excluding hydrogens is 219 g/mol. The second-order valence-corrected chi connectivity index (χ2v) is 4.52. The van der Waals surface area contributed by atoms with Gasteiger partial charge in [-0.05, 0) is 24.1 Å². The van der Waals surface area contributed by atoms with Crippen molar-refractivity contribution in [2.24, 2.45) is 5.14 Å². The molecule has 0 fully saturated rings. The average Bonchev–Trinajstić information content (AvgIpc) is 2.14. The van der Waals surface area contributed by atoms with E-state index < -0.39 is 15.8 Å². The summed E-state index contributed by atoms with van der Waals surface area (Å²) >= 11 is 0. The van der Waals surface area contributed by atoms with Crippen LogP contribution in [-0.4, -0.2) is 8.42 Å². The zero-order valence-electron chi connectivity index (χ0n) is 7.77. The lowest BCUT2D eigenvalue weighted by atomic mass is 10.1. The summed E-state index contributed by atoms with van der Waals surface area (Å²) in [7, 11) is -3.87. The van der Waals surface area contributed by atoms with Crippen molar-refractivity contribution in [2.75, 3.05) is 0 Å². The molecule has 0 aliphatic rings. The standard InChI is InChI=1S/C9H9FN2O2S/c10-9-6-8(15(12,13)14)4-3-7(9)2-1-5-11/h3-4,6H,1-2H2,(H2,12,13,14). The van der Waals surface area contributed by atoms with Gasteiger partial charge in [0.1, 0.15) is 5.82 Å². The molecule has 4 nitrogen and oxygen atoms in total. The van der Waals surface area contributed by atoms with E-state index in [9.17, 15) is 12.8 Å². The number of nitrogens with two attached hydrogens (primary N) is 1. The van der Waals surface area contributed by atoms with Gasteiger partial charge >= 0.3 is 0 Å². The molecule has 0 atom stereocenters. The number of nitrogens with zero attached hydrogens (tertiary/aromatic N) is 1. The maximum absolute atomic E-state index is 13.3. The van der Waals surface area contributed by atoms with Gasteiger partial charge in [0.05, 0.1) is 11.0 Å². The second kappa shape index (κ2) is 4.38. The summed E-state index contributed by atoms with van der Waals surface area (Å²) in [5.74, 6) is -0.656. The molecule has 0 aliphatic carbocycles. The Morgan fingerprint density at radius 1 is 1.47 bits per heavy atom. The van der Waals surface area contributed by atoms with Gasteiger partial charge in [-0.25, -0.2) is 17.9 Å². The van der Waals surface area contributed by atoms with Crippen LogP contribution in [-0.2, 0) is 16.4 Å². The molecule has 0 bridgehead atoms. The van der Waals surface area contributed by atoms with E-state index in [1.54, 1.807) is 0 Å². The highest BCUT2D eigenvalue weighted by Gasteiger charge is 2.10. The zero-order valence-corrected chi connectivity index (χ0v) is 8.59. The number of hydrogen-bond acceptors (Lipinski definition) is 3. The Morgan fingerprint density at radius 2 is 2.13 bits per heavy atom. The third-order valence-corrected chi connectivity index (χ3v) is 2.77. The first-order valence-electron chi connectivity index (χ1n) is 4.13. The SMILES string of the molecule is N#CCCc1ccc(S(N)(=O)=O)cc1F. The van der Waals surface area contributed by atoms with Crippen LogP contribution < -0.4 is 5.14 Å². The van der Waals surface area contributed by atoms with Crippen molar-refractivity contribution in [3.8, 4) is 6.07 Å². The minimum atomic E-state index is -3.87. The fraction of sp³-hybridized carbons (Fsp3) is 0.222. The summed E-state index contributed by atoms with van der Waals surface area (Å²) in [6.45, 7) is 0. The van der Waals surface area contributed by atoms with Crippen LogP contribution in [0.1, 0.15) is 12.0 Å². The van der Waals surface area contributed by atoms with E-state index in [-0.39, 0.29) is 17.7 Å². The Hall–Kier alpha value is -1.45. The Balaban J connectivity index is 3.05. The summed E-state index contributed by atoms with van der Waals surface area (Å²) < 4.78 is 35.0. The highest BCUT2D eigenvalue weighted by atomic mass is 32.2. The minimum absolute atomic E-state index is 0.186. The molecular formula is C9H9FN2O2S. The maximum atomic E-state index is 13.3. The van der Waals surface area contributed by atoms with Gasteiger partial charge in [0.15, 0.2) is 0 Å². The number of primary sulfonamides is 1. The number of sulfonamides is 1. The van der Waals surface area contributed by atoms with E-state index in [0.717, 1.165) is 6.07 Å². The maximum Gasteiger partial charge on any atom is 0.238 e. The van der Waals surface area contributed by atoms with Crippen molar-refractivity contribution >= 4 is 10.0 Å². The predicted molar refractivity (Wildman–Crippen MR) is 51.7 cm³/mol. The van der Waals surface area contributed by atoms with Gasteiger partial charge in [0.2, 0.25) is 10.0 Å². The first-order valence-corrected chi connectivity index (χ1v) is 5.68. The smallest absolute Gasteiger partial charge is 0.225 e. The third-order valence-electron chi connectivity index (χ3n) is 1.86. The van der Waals surface area contributed by atoms with Gasteiger partial charge in [0, 0.05) is 6.42 Å². The second-order valence-electron chi connectivity index (χ2n) is 2.96. The van der Waals surface area contributed by atoms with Crippen molar-refractivity contribution in [3.63, 3.8) is 0 Å². The molecule has 6 heteroatoms. The lowest BCUT2D eigenvalue weighted by molar-refractivity contribution is 0.587. The van der Waals surface area contributed by atoms with Crippen LogP contribution in [0.3, 0.4) is 0 Å². The average molecular weight is 228 g/mol. The first kappa shape index (κ1) is 11.6. The normalized spacial score (nSPS) is 11.0. The number of rotatable bonds is 3. The van der Waals surface area contributed by atoms with Crippen molar-refractivity contribution in [2.45, 2.75) is 17.7 Å². The van der Waals surface area contributed by atoms with E-state index in [1.807, 2.05) is 6.07 Å². The van der Waals surface area contributed by atoms with Crippen LogP contribution in [0.2, 0.25) is 0 Å². The van der Waals surface area contributed by atoms with Crippen molar-refractivity contribution < 1.29 is 12.8 Å². The number of nitriles is 1. The number of aryl methyl sites for hydroxylation is 1. The molecule has 0 aliphatic heterocycles. The van der Waals surface area contributed by atoms with Crippen molar-refractivity contribution in [1.82, 2.24) is 0 Å². The van der Waals surface area contributed by atoms with E-state index in [1.165, 1.54) is 12.1 Å². The lowest BCUT2D eigenvalue weighted by Crippen LogP contribution is -2.12. The Bertz CT molecular complexity index is 505. The van der Waals surface area contributed by atoms with Gasteiger partial charge < -0.3 is 0 Å². The predicted octanol–water partition coefficient (Wildman–Crippen LogP) is 0.929. The van der Waals surface area contributed by atoms with Crippen LogP contribution in [0.4, 0.5) is 4.39 Å². The highest BCUT2D eigenvalue weighted by Crippen LogP contribution is 2.14. The van der Waals surface area contributed by atoms with Gasteiger partial charge in [0.25, 0.3) is 0 Å². The largest absolute Gasteiger partial charge is 0.238 e. The van der Waals surface area contributed by atoms with Crippen LogP contribution in [0, 0.1) is 17.1 Å². The monoisotopic (exact) mass is 228 g/mol. The van der Waals surface area contributed by atoms with E-state index in [2.05, 4.69) is 0 Å². The molecule has 0 saturated heterocycles. The molecule has 0 spiro atoms. The number of hydrogen-bond donors (Lipinski definition) is 1. The molecule has 0 unspecified atom stereocenters. The summed E-state index contributed by atoms with van der Waals surface area (Å²) in [4.78, 5) is -0.263. The molecule has 1 rings (SSSR count). The lowest BCUT2D eigenvalue weighted by Gasteiger charge is -2.02. The summed E-state index contributed by atoms with van der Waals surface area (Å²) in [6, 6.07) is 5.29. The molecule has 0 saturated carbocycles. The molecule has 1 aromatic rings. The van der Waals surface area contributed by atoms with Crippen molar-refractivity contribution in [3.05, 3.63) is 29.6 Å². The van der Waals surface area contributed by atoms with Crippen LogP contribution >= 0.6 is 0 Å². The molecule has 0 radical (unpaired) electrons. The Morgan fingerprint density at radius 3 is 2.60 bits per heavy atom. The number of benzene rings is 1. The van der Waals surface area contributed by atoms with E-state index in [4.69, 9.17) is 10.4 Å². The molecule has 0 amide bonds. The molecule has 2 N–H and O–H groups in total. The van der Waals surface area contributed by atoms with Crippen LogP contribution in [0.25, 0.3) is 0 Å². The Labute approximate surface area is 87.2 Å². The fourth-order valence-electron chi connectivity index (χ4n) is 1.10. The van der Waals surface area contributed by atoms with Gasteiger partial charge in [-0.2, -0.15) is 5.26 Å². The van der Waals surface area contributed by atoms with Gasteiger partial charge in [-0.3, -0.25) is 0 Å². The summed E-state index contributed by atoms with van der Waals surface area (Å²) in [5, 5.41) is 13.1. The topological polar surface area (TPSA) is 83.9 Å². The van der Waals surface area contributed by atoms with Crippen molar-refractivity contribution in [1.29, 1.82) is 5.26 Å². The minimum Gasteiger partial charge on any atom is -0.225 e. The first-order chi connectivity index (χ1) is 6.95. The molecule has 80 valence electrons. The molecule has 0 aromatic heterocycles. The van der Waals surface area contributed by atoms with Crippen LogP contribution in [0.5, 0.6) is 0 Å². The van der Waals surface area contributed by atoms with Gasteiger partial charge in [-0.1, -0.05) is 6.07 Å². The summed E-state index contributed by atoms with van der Waals surface area (Å²) in [5.41, 5.74) is 0.309. The summed E-state index contributed by atoms with van der Waals surface area (Å²) in [6.07, 6.45) is 0.443. The zero-order chi connectivity index (χ0) is 11.5. The quantitative estimate of drug-likeness (QED) is 0.835. The van der Waals surface area contributed by atoms with E-state index >= 15 is 0 Å². The third kappa shape index (κ3) is 3.01. The number of halogens is 1. The van der Waals surface area contributed by atoms with Crippen LogP contribution in [0.15, 0.2) is 23.1 Å². The molecule has 15 heavy (non-hydrogen) atoms. The fourth-order valence-corrected chi connectivity index (χ4v) is 1.62. The molecule has 1 aromatic carbocycles. The molecule has 0 heterocycles. The highest BCUT2D eigenvalue weighted by molar-refractivity contribution is 7.89. The van der Waals surface area contributed by atoms with E-state index in [0.29, 0.717) is 5.56 Å². The Kier molecular flexibility index (Phi) is 3.39. The van der Waals surface area contributed by atoms with Gasteiger partial charge in [-0.15, -0.1) is 0 Å².